The van der Waals surface area contributed by atoms with Crippen molar-refractivity contribution in [2.45, 2.75) is 26.2 Å². The smallest absolute Gasteiger partial charge is 0.254 e. The number of nitrogens with zero attached hydrogens (tertiary/aromatic N) is 5. The van der Waals surface area contributed by atoms with Crippen LogP contribution in [0.2, 0.25) is 5.02 Å². The number of hydrogen-bond donors (Lipinski definition) is 1. The van der Waals surface area contributed by atoms with Crippen LogP contribution in [0.3, 0.4) is 0 Å². The summed E-state index contributed by atoms with van der Waals surface area (Å²) >= 11 is 5.99. The quantitative estimate of drug-likeness (QED) is 0.528. The van der Waals surface area contributed by atoms with E-state index in [1.807, 2.05) is 66.9 Å². The van der Waals surface area contributed by atoms with Gasteiger partial charge in [0.2, 0.25) is 0 Å². The Kier molecular flexibility index (Phi) is 5.31. The summed E-state index contributed by atoms with van der Waals surface area (Å²) in [7, 11) is 0. The van der Waals surface area contributed by atoms with E-state index in [1.54, 1.807) is 10.9 Å². The average Bonchev–Trinajstić information content (AvgIpc) is 3.33. The molecular formula is C21H21ClN6O. The molecular weight excluding hydrogens is 388 g/mol. The molecule has 0 aliphatic rings. The molecule has 3 aromatic heterocycles. The molecule has 3 heterocycles. The van der Waals surface area contributed by atoms with Crippen LogP contribution < -0.4 is 5.32 Å². The molecule has 0 saturated heterocycles. The minimum Gasteiger partial charge on any atom is -0.351 e. The van der Waals surface area contributed by atoms with Crippen molar-refractivity contribution in [3.8, 4) is 5.69 Å². The first-order chi connectivity index (χ1) is 14.0. The van der Waals surface area contributed by atoms with E-state index in [2.05, 4.69) is 20.6 Å². The van der Waals surface area contributed by atoms with E-state index in [4.69, 9.17) is 11.6 Å². The number of carbonyl (C=O) groups is 1. The summed E-state index contributed by atoms with van der Waals surface area (Å²) in [5, 5.41) is 16.4. The van der Waals surface area contributed by atoms with E-state index in [1.165, 1.54) is 0 Å². The lowest BCUT2D eigenvalue weighted by atomic mass is 10.0. The summed E-state index contributed by atoms with van der Waals surface area (Å²) in [6.07, 6.45) is 4.12. The average molecular weight is 409 g/mol. The normalized spacial score (nSPS) is 11.3. The van der Waals surface area contributed by atoms with Crippen molar-refractivity contribution >= 4 is 23.2 Å². The Bertz CT molecular complexity index is 1150. The highest BCUT2D eigenvalue weighted by molar-refractivity contribution is 6.30. The van der Waals surface area contributed by atoms with Gasteiger partial charge in [-0.2, -0.15) is 5.10 Å². The van der Waals surface area contributed by atoms with E-state index in [-0.39, 0.29) is 11.8 Å². The van der Waals surface area contributed by atoms with Gasteiger partial charge >= 0.3 is 0 Å². The topological polar surface area (TPSA) is 77.1 Å². The monoisotopic (exact) mass is 408 g/mol. The molecule has 148 valence electrons. The largest absolute Gasteiger partial charge is 0.351 e. The fourth-order valence-corrected chi connectivity index (χ4v) is 3.45. The molecule has 0 bridgehead atoms. The Labute approximate surface area is 173 Å². The van der Waals surface area contributed by atoms with Gasteiger partial charge in [-0.25, -0.2) is 4.68 Å². The van der Waals surface area contributed by atoms with Gasteiger partial charge in [-0.1, -0.05) is 31.5 Å². The van der Waals surface area contributed by atoms with Gasteiger partial charge in [0, 0.05) is 24.2 Å². The van der Waals surface area contributed by atoms with Crippen molar-refractivity contribution in [2.24, 2.45) is 0 Å². The predicted octanol–water partition coefficient (Wildman–Crippen LogP) is 3.66. The number of nitrogens with one attached hydrogen (secondary N) is 1. The molecule has 7 nitrogen and oxygen atoms in total. The van der Waals surface area contributed by atoms with Crippen LogP contribution in [-0.2, 0) is 6.42 Å². The van der Waals surface area contributed by atoms with Crippen molar-refractivity contribution in [3.63, 3.8) is 0 Å². The third-order valence-electron chi connectivity index (χ3n) is 4.69. The van der Waals surface area contributed by atoms with Gasteiger partial charge in [-0.3, -0.25) is 9.20 Å². The number of halogens is 1. The molecule has 4 rings (SSSR count). The molecule has 0 radical (unpaired) electrons. The number of fused-ring (bicyclic) bond motifs is 1. The standard InChI is InChI=1S/C21H21ClN6O/c1-14(2)20-17(13-24-28(20)16-8-6-15(22)7-9-16)21(29)23-11-10-19-26-25-18-5-3-4-12-27(18)19/h3-9,12-14H,10-11H2,1-2H3,(H,23,29). The zero-order valence-electron chi connectivity index (χ0n) is 16.2. The van der Waals surface area contributed by atoms with Crippen LogP contribution in [0, 0.1) is 0 Å². The molecule has 0 unspecified atom stereocenters. The number of hydrogen-bond acceptors (Lipinski definition) is 4. The molecule has 29 heavy (non-hydrogen) atoms. The van der Waals surface area contributed by atoms with Crippen LogP contribution in [0.5, 0.6) is 0 Å². The minimum atomic E-state index is -0.150. The second-order valence-corrected chi connectivity index (χ2v) is 7.47. The Morgan fingerprint density at radius 1 is 1.14 bits per heavy atom. The molecule has 0 aliphatic carbocycles. The van der Waals surface area contributed by atoms with Crippen LogP contribution in [0.15, 0.2) is 54.9 Å². The maximum absolute atomic E-state index is 12.8. The first-order valence-electron chi connectivity index (χ1n) is 9.45. The highest BCUT2D eigenvalue weighted by Gasteiger charge is 2.21. The van der Waals surface area contributed by atoms with Gasteiger partial charge < -0.3 is 5.32 Å². The van der Waals surface area contributed by atoms with Gasteiger partial charge in [-0.15, -0.1) is 10.2 Å². The van der Waals surface area contributed by atoms with Crippen LogP contribution in [0.1, 0.15) is 41.6 Å². The lowest BCUT2D eigenvalue weighted by Gasteiger charge is -2.13. The van der Waals surface area contributed by atoms with Gasteiger partial charge in [0.25, 0.3) is 5.91 Å². The Hall–Kier alpha value is -3.19. The number of aromatic nitrogens is 5. The summed E-state index contributed by atoms with van der Waals surface area (Å²) in [4.78, 5) is 12.8. The van der Waals surface area contributed by atoms with Crippen LogP contribution in [-0.4, -0.2) is 36.8 Å². The van der Waals surface area contributed by atoms with Crippen molar-refractivity contribution in [3.05, 3.63) is 77.0 Å². The summed E-state index contributed by atoms with van der Waals surface area (Å²) < 4.78 is 3.71. The van der Waals surface area contributed by atoms with E-state index in [0.29, 0.717) is 23.6 Å². The van der Waals surface area contributed by atoms with Crippen LogP contribution in [0.25, 0.3) is 11.3 Å². The highest BCUT2D eigenvalue weighted by atomic mass is 35.5. The van der Waals surface area contributed by atoms with Gasteiger partial charge in [0.15, 0.2) is 5.65 Å². The SMILES string of the molecule is CC(C)c1c(C(=O)NCCc2nnc3ccccn23)cnn1-c1ccc(Cl)cc1. The molecule has 4 aromatic rings. The van der Waals surface area contributed by atoms with Gasteiger partial charge in [0.05, 0.1) is 23.1 Å². The first kappa shape index (κ1) is 19.1. The molecule has 1 aromatic carbocycles. The molecule has 0 fully saturated rings. The second-order valence-electron chi connectivity index (χ2n) is 7.04. The van der Waals surface area contributed by atoms with Crippen LogP contribution in [0.4, 0.5) is 0 Å². The number of amides is 1. The van der Waals surface area contributed by atoms with E-state index >= 15 is 0 Å². The maximum Gasteiger partial charge on any atom is 0.254 e. The summed E-state index contributed by atoms with van der Waals surface area (Å²) in [6, 6.07) is 13.1. The van der Waals surface area contributed by atoms with E-state index < -0.39 is 0 Å². The molecule has 0 atom stereocenters. The number of pyridine rings is 1. The third-order valence-corrected chi connectivity index (χ3v) is 4.94. The van der Waals surface area contributed by atoms with Gasteiger partial charge in [-0.05, 0) is 42.3 Å². The lowest BCUT2D eigenvalue weighted by Crippen LogP contribution is -2.27. The minimum absolute atomic E-state index is 0.120. The summed E-state index contributed by atoms with van der Waals surface area (Å²) in [5.74, 6) is 0.777. The molecule has 0 aliphatic heterocycles. The molecule has 1 amide bonds. The fraction of sp³-hybridized carbons (Fsp3) is 0.238. The number of rotatable bonds is 6. The number of benzene rings is 1. The fourth-order valence-electron chi connectivity index (χ4n) is 3.32. The van der Waals surface area contributed by atoms with Crippen molar-refractivity contribution in [1.82, 2.24) is 29.7 Å². The summed E-state index contributed by atoms with van der Waals surface area (Å²) in [5.41, 5.74) is 3.09. The van der Waals surface area contributed by atoms with Crippen LogP contribution >= 0.6 is 11.6 Å². The number of carbonyl (C=O) groups excluding carboxylic acids is 1. The molecule has 0 saturated carbocycles. The Morgan fingerprint density at radius 2 is 1.93 bits per heavy atom. The maximum atomic E-state index is 12.8. The Morgan fingerprint density at radius 3 is 2.69 bits per heavy atom. The second kappa shape index (κ2) is 8.05. The predicted molar refractivity (Wildman–Crippen MR) is 112 cm³/mol. The summed E-state index contributed by atoms with van der Waals surface area (Å²) in [6.45, 7) is 4.54. The van der Waals surface area contributed by atoms with Crippen molar-refractivity contribution in [2.75, 3.05) is 6.54 Å². The van der Waals surface area contributed by atoms with E-state index in [0.717, 1.165) is 22.9 Å². The van der Waals surface area contributed by atoms with Crippen molar-refractivity contribution < 1.29 is 4.79 Å². The Balaban J connectivity index is 1.50. The molecule has 1 N–H and O–H groups in total. The molecule has 8 heteroatoms. The third kappa shape index (κ3) is 3.86. The van der Waals surface area contributed by atoms with E-state index in [9.17, 15) is 4.79 Å². The zero-order valence-corrected chi connectivity index (χ0v) is 17.0. The van der Waals surface area contributed by atoms with Crippen molar-refractivity contribution in [1.29, 1.82) is 0 Å². The molecule has 0 spiro atoms. The zero-order chi connectivity index (χ0) is 20.4. The highest BCUT2D eigenvalue weighted by Crippen LogP contribution is 2.24. The lowest BCUT2D eigenvalue weighted by molar-refractivity contribution is 0.0952. The first-order valence-corrected chi connectivity index (χ1v) is 9.83. The van der Waals surface area contributed by atoms with Gasteiger partial charge in [0.1, 0.15) is 5.82 Å².